The summed E-state index contributed by atoms with van der Waals surface area (Å²) in [5.41, 5.74) is 1.43. The van der Waals surface area contributed by atoms with E-state index in [-0.39, 0.29) is 18.4 Å². The van der Waals surface area contributed by atoms with Crippen molar-refractivity contribution >= 4 is 44.2 Å². The molecule has 26 heavy (non-hydrogen) atoms. The van der Waals surface area contributed by atoms with Crippen molar-refractivity contribution in [1.29, 1.82) is 0 Å². The first-order valence-electron chi connectivity index (χ1n) is 8.18. The van der Waals surface area contributed by atoms with Crippen LogP contribution in [0.1, 0.15) is 27.3 Å². The van der Waals surface area contributed by atoms with Gasteiger partial charge in [-0.2, -0.15) is 0 Å². The van der Waals surface area contributed by atoms with Crippen LogP contribution in [0.4, 0.5) is 5.13 Å². The van der Waals surface area contributed by atoms with Crippen molar-refractivity contribution in [3.63, 3.8) is 0 Å². The van der Waals surface area contributed by atoms with Crippen molar-refractivity contribution in [3.05, 3.63) is 44.9 Å². The van der Waals surface area contributed by atoms with E-state index in [1.54, 1.807) is 25.3 Å². The van der Waals surface area contributed by atoms with E-state index in [2.05, 4.69) is 26.2 Å². The molecule has 0 saturated carbocycles. The van der Waals surface area contributed by atoms with Gasteiger partial charge in [-0.1, -0.05) is 22.0 Å². The Hall–Kier alpha value is -1.77. The van der Waals surface area contributed by atoms with Crippen LogP contribution in [0.5, 0.6) is 0 Å². The van der Waals surface area contributed by atoms with Crippen LogP contribution in [0.25, 0.3) is 0 Å². The highest BCUT2D eigenvalue weighted by atomic mass is 79.9. The molecule has 0 aliphatic rings. The Morgan fingerprint density at radius 1 is 1.35 bits per heavy atom. The zero-order valence-electron chi connectivity index (χ0n) is 15.0. The maximum absolute atomic E-state index is 12.8. The number of hydrogen-bond donors (Lipinski definition) is 1. The average molecular weight is 440 g/mol. The predicted molar refractivity (Wildman–Crippen MR) is 107 cm³/mol. The molecule has 140 valence electrons. The summed E-state index contributed by atoms with van der Waals surface area (Å²) in [6, 6.07) is 7.14. The predicted octanol–water partition coefficient (Wildman–Crippen LogP) is 3.64. The number of rotatable bonds is 8. The Kier molecular flexibility index (Phi) is 7.74. The summed E-state index contributed by atoms with van der Waals surface area (Å²) in [5, 5.41) is 3.33. The minimum absolute atomic E-state index is 0.0350. The lowest BCUT2D eigenvalue weighted by Crippen LogP contribution is -2.39. The first-order valence-corrected chi connectivity index (χ1v) is 9.79. The van der Waals surface area contributed by atoms with Crippen LogP contribution in [-0.4, -0.2) is 48.5 Å². The summed E-state index contributed by atoms with van der Waals surface area (Å²) in [5.74, 6) is -0.455. The van der Waals surface area contributed by atoms with Crippen LogP contribution in [0.15, 0.2) is 28.7 Å². The third kappa shape index (κ3) is 5.89. The molecule has 2 aromatic rings. The molecular formula is C18H22BrN3O3S. The van der Waals surface area contributed by atoms with Crippen LogP contribution in [-0.2, 0) is 9.53 Å². The molecule has 0 aliphatic carbocycles. The number of hydrogen-bond acceptors (Lipinski definition) is 5. The quantitative estimate of drug-likeness (QED) is 0.637. The Morgan fingerprint density at radius 3 is 2.73 bits per heavy atom. The summed E-state index contributed by atoms with van der Waals surface area (Å²) in [7, 11) is 1.61. The van der Waals surface area contributed by atoms with E-state index in [0.29, 0.717) is 30.3 Å². The molecule has 8 heteroatoms. The number of amides is 2. The molecule has 1 N–H and O–H groups in total. The Bertz CT molecular complexity index is 759. The molecule has 6 nitrogen and oxygen atoms in total. The molecule has 0 fully saturated rings. The van der Waals surface area contributed by atoms with Gasteiger partial charge >= 0.3 is 0 Å². The number of nitrogens with zero attached hydrogens (tertiary/aromatic N) is 2. The van der Waals surface area contributed by atoms with Crippen molar-refractivity contribution in [3.8, 4) is 0 Å². The van der Waals surface area contributed by atoms with E-state index < -0.39 is 0 Å². The van der Waals surface area contributed by atoms with Gasteiger partial charge in [0.2, 0.25) is 5.91 Å². The number of nitrogens with one attached hydrogen (secondary N) is 1. The molecule has 1 aromatic carbocycles. The van der Waals surface area contributed by atoms with Gasteiger partial charge in [-0.3, -0.25) is 9.59 Å². The van der Waals surface area contributed by atoms with Crippen LogP contribution in [0.3, 0.4) is 0 Å². The monoisotopic (exact) mass is 439 g/mol. The molecule has 0 atom stereocenters. The van der Waals surface area contributed by atoms with Crippen molar-refractivity contribution < 1.29 is 14.3 Å². The second-order valence-electron chi connectivity index (χ2n) is 5.79. The molecule has 0 spiro atoms. The maximum atomic E-state index is 12.8. The van der Waals surface area contributed by atoms with Gasteiger partial charge in [-0.05, 0) is 38.5 Å². The number of anilines is 1. The minimum Gasteiger partial charge on any atom is -0.385 e. The highest BCUT2D eigenvalue weighted by Crippen LogP contribution is 2.21. The lowest BCUT2D eigenvalue weighted by Gasteiger charge is -2.22. The fraction of sp³-hybridized carbons (Fsp3) is 0.389. The van der Waals surface area contributed by atoms with Gasteiger partial charge < -0.3 is 15.0 Å². The van der Waals surface area contributed by atoms with E-state index in [9.17, 15) is 9.59 Å². The van der Waals surface area contributed by atoms with Gasteiger partial charge in [-0.15, -0.1) is 11.3 Å². The standard InChI is InChI=1S/C18H22BrN3O3S/c1-12-13(2)26-18(20-12)21-16(23)11-22(8-5-9-25-3)17(24)14-6-4-7-15(19)10-14/h4,6-7,10H,5,8-9,11H2,1-3H3,(H,20,21,23). The number of halogens is 1. The summed E-state index contributed by atoms with van der Waals surface area (Å²) in [4.78, 5) is 32.1. The lowest BCUT2D eigenvalue weighted by molar-refractivity contribution is -0.116. The van der Waals surface area contributed by atoms with Gasteiger partial charge in [0.15, 0.2) is 5.13 Å². The molecule has 0 aliphatic heterocycles. The number of thiazole rings is 1. The van der Waals surface area contributed by atoms with Crippen LogP contribution in [0, 0.1) is 13.8 Å². The summed E-state index contributed by atoms with van der Waals surface area (Å²) in [6.45, 7) is 4.77. The van der Waals surface area contributed by atoms with Crippen LogP contribution >= 0.6 is 27.3 Å². The van der Waals surface area contributed by atoms with E-state index in [1.807, 2.05) is 19.9 Å². The van der Waals surface area contributed by atoms with Crippen molar-refractivity contribution in [1.82, 2.24) is 9.88 Å². The minimum atomic E-state index is -0.264. The van der Waals surface area contributed by atoms with Gasteiger partial charge in [0.1, 0.15) is 6.54 Å². The van der Waals surface area contributed by atoms with Gasteiger partial charge in [0, 0.05) is 35.2 Å². The summed E-state index contributed by atoms with van der Waals surface area (Å²) < 4.78 is 5.88. The van der Waals surface area contributed by atoms with E-state index in [0.717, 1.165) is 15.0 Å². The molecule has 0 saturated heterocycles. The summed E-state index contributed by atoms with van der Waals surface area (Å²) in [6.07, 6.45) is 0.652. The third-order valence-electron chi connectivity index (χ3n) is 3.74. The molecule has 2 amide bonds. The molecular weight excluding hydrogens is 418 g/mol. The van der Waals surface area contributed by atoms with Crippen LogP contribution in [0.2, 0.25) is 0 Å². The topological polar surface area (TPSA) is 71.5 Å². The maximum Gasteiger partial charge on any atom is 0.254 e. The smallest absolute Gasteiger partial charge is 0.254 e. The fourth-order valence-corrected chi connectivity index (χ4v) is 3.54. The Balaban J connectivity index is 2.07. The SMILES string of the molecule is COCCCN(CC(=O)Nc1nc(C)c(C)s1)C(=O)c1cccc(Br)c1. The van der Waals surface area contributed by atoms with E-state index >= 15 is 0 Å². The number of ether oxygens (including phenoxy) is 1. The fourth-order valence-electron chi connectivity index (χ4n) is 2.31. The second kappa shape index (κ2) is 9.80. The zero-order valence-corrected chi connectivity index (χ0v) is 17.4. The number of carbonyl (C=O) groups excluding carboxylic acids is 2. The van der Waals surface area contributed by atoms with Gasteiger partial charge in [0.25, 0.3) is 5.91 Å². The first kappa shape index (κ1) is 20.5. The Labute approximate surface area is 165 Å². The number of aromatic nitrogens is 1. The molecule has 0 bridgehead atoms. The molecule has 2 rings (SSSR count). The first-order chi connectivity index (χ1) is 12.4. The largest absolute Gasteiger partial charge is 0.385 e. The van der Waals surface area contributed by atoms with Crippen LogP contribution < -0.4 is 5.32 Å². The molecule has 1 aromatic heterocycles. The number of aryl methyl sites for hydroxylation is 2. The normalized spacial score (nSPS) is 10.6. The number of benzene rings is 1. The molecule has 1 heterocycles. The number of carbonyl (C=O) groups is 2. The van der Waals surface area contributed by atoms with Crippen molar-refractivity contribution in [2.24, 2.45) is 0 Å². The van der Waals surface area contributed by atoms with E-state index in [4.69, 9.17) is 4.74 Å². The average Bonchev–Trinajstić information content (AvgIpc) is 2.90. The second-order valence-corrected chi connectivity index (χ2v) is 7.91. The van der Waals surface area contributed by atoms with Gasteiger partial charge in [-0.25, -0.2) is 4.98 Å². The summed E-state index contributed by atoms with van der Waals surface area (Å²) >= 11 is 4.80. The zero-order chi connectivity index (χ0) is 19.1. The highest BCUT2D eigenvalue weighted by Gasteiger charge is 2.19. The van der Waals surface area contributed by atoms with Gasteiger partial charge in [0.05, 0.1) is 5.69 Å². The molecule has 0 radical (unpaired) electrons. The van der Waals surface area contributed by atoms with E-state index in [1.165, 1.54) is 16.2 Å². The van der Waals surface area contributed by atoms with Crippen molar-refractivity contribution in [2.75, 3.05) is 32.1 Å². The third-order valence-corrected chi connectivity index (χ3v) is 5.23. The lowest BCUT2D eigenvalue weighted by atomic mass is 10.2. The Morgan fingerprint density at radius 2 is 2.12 bits per heavy atom. The number of methoxy groups -OCH3 is 1. The molecule has 0 unspecified atom stereocenters. The highest BCUT2D eigenvalue weighted by molar-refractivity contribution is 9.10. The van der Waals surface area contributed by atoms with Crippen molar-refractivity contribution in [2.45, 2.75) is 20.3 Å².